The molecule has 0 radical (unpaired) electrons. The van der Waals surface area contributed by atoms with Crippen LogP contribution in [0, 0.1) is 0 Å². The number of hydrogen-bond donors (Lipinski definition) is 2. The van der Waals surface area contributed by atoms with Crippen molar-refractivity contribution in [2.45, 2.75) is 50.9 Å². The van der Waals surface area contributed by atoms with Crippen LogP contribution in [0.4, 0.5) is 0 Å². The molecule has 0 bridgehead atoms. The molecule has 2 aliphatic carbocycles. The standard InChI is InChI=1S/C24H25NO7/c26-18-5-1-3-16-23(18)22(14-7-9-15(10-8-14)32-13-21(30)31)24-17(4-2-6-19(24)27)25(16)12-11-20(28)29/h7-10,22H,1-6,11-13H2,(H,28,29)(H,30,31). The molecule has 0 spiro atoms. The Balaban J connectivity index is 1.79. The van der Waals surface area contributed by atoms with Crippen LogP contribution in [-0.4, -0.2) is 51.8 Å². The number of ketones is 2. The van der Waals surface area contributed by atoms with E-state index in [1.165, 1.54) is 0 Å². The average molecular weight is 439 g/mol. The summed E-state index contributed by atoms with van der Waals surface area (Å²) in [5.41, 5.74) is 3.64. The van der Waals surface area contributed by atoms with E-state index in [2.05, 4.69) is 0 Å². The minimum atomic E-state index is -1.08. The zero-order valence-electron chi connectivity index (χ0n) is 17.6. The first-order valence-corrected chi connectivity index (χ1v) is 10.8. The van der Waals surface area contributed by atoms with Crippen LogP contribution in [-0.2, 0) is 19.2 Å². The summed E-state index contributed by atoms with van der Waals surface area (Å²) < 4.78 is 5.22. The number of rotatable bonds is 7. The number of carboxylic acids is 2. The van der Waals surface area contributed by atoms with Gasteiger partial charge in [-0.1, -0.05) is 12.1 Å². The maximum atomic E-state index is 13.1. The molecule has 1 aliphatic heterocycles. The number of carboxylic acid groups (broad SMARTS) is 2. The van der Waals surface area contributed by atoms with Crippen LogP contribution in [0.1, 0.15) is 56.4 Å². The predicted octanol–water partition coefficient (Wildman–Crippen LogP) is 3.04. The smallest absolute Gasteiger partial charge is 0.341 e. The maximum absolute atomic E-state index is 13.1. The van der Waals surface area contributed by atoms with Crippen molar-refractivity contribution in [2.24, 2.45) is 0 Å². The maximum Gasteiger partial charge on any atom is 0.341 e. The molecule has 32 heavy (non-hydrogen) atoms. The molecule has 0 fully saturated rings. The van der Waals surface area contributed by atoms with E-state index in [0.29, 0.717) is 55.4 Å². The summed E-state index contributed by atoms with van der Waals surface area (Å²) in [4.78, 5) is 50.1. The average Bonchev–Trinajstić information content (AvgIpc) is 2.76. The Hall–Kier alpha value is -3.42. The SMILES string of the molecule is O=C(O)CCN1C2=C(C(=O)CCC2)C(c2ccc(OCC(=O)O)cc2)C2=C1CCCC2=O. The van der Waals surface area contributed by atoms with Crippen LogP contribution in [0.25, 0.3) is 0 Å². The third-order valence-corrected chi connectivity index (χ3v) is 6.21. The molecule has 0 saturated carbocycles. The van der Waals surface area contributed by atoms with Crippen molar-refractivity contribution in [2.75, 3.05) is 13.2 Å². The van der Waals surface area contributed by atoms with Gasteiger partial charge >= 0.3 is 11.9 Å². The number of nitrogens with zero attached hydrogens (tertiary/aromatic N) is 1. The Labute approximate surface area is 185 Å². The van der Waals surface area contributed by atoms with Crippen molar-refractivity contribution in [1.29, 1.82) is 0 Å². The van der Waals surface area contributed by atoms with Crippen molar-refractivity contribution in [1.82, 2.24) is 4.90 Å². The number of allylic oxidation sites excluding steroid dienone is 4. The Kier molecular flexibility index (Phi) is 6.12. The van der Waals surface area contributed by atoms with E-state index >= 15 is 0 Å². The van der Waals surface area contributed by atoms with Crippen LogP contribution in [0.5, 0.6) is 5.75 Å². The first-order chi connectivity index (χ1) is 15.4. The minimum absolute atomic E-state index is 0.00676. The van der Waals surface area contributed by atoms with E-state index in [1.54, 1.807) is 24.3 Å². The van der Waals surface area contributed by atoms with Crippen LogP contribution >= 0.6 is 0 Å². The summed E-state index contributed by atoms with van der Waals surface area (Å²) in [6, 6.07) is 6.84. The Morgan fingerprint density at radius 3 is 1.94 bits per heavy atom. The van der Waals surface area contributed by atoms with Crippen LogP contribution in [0.15, 0.2) is 46.8 Å². The van der Waals surface area contributed by atoms with Gasteiger partial charge in [0.2, 0.25) is 0 Å². The fraction of sp³-hybridized carbons (Fsp3) is 0.417. The quantitative estimate of drug-likeness (QED) is 0.665. The molecule has 3 aliphatic rings. The van der Waals surface area contributed by atoms with E-state index in [4.69, 9.17) is 9.84 Å². The summed E-state index contributed by atoms with van der Waals surface area (Å²) in [5.74, 6) is -2.11. The summed E-state index contributed by atoms with van der Waals surface area (Å²) in [6.45, 7) is -0.217. The molecule has 8 heteroatoms. The highest BCUT2D eigenvalue weighted by Crippen LogP contribution is 2.49. The van der Waals surface area contributed by atoms with Gasteiger partial charge in [0.1, 0.15) is 5.75 Å². The number of aliphatic carboxylic acids is 2. The van der Waals surface area contributed by atoms with Gasteiger partial charge in [0.25, 0.3) is 0 Å². The Bertz CT molecular complexity index is 991. The van der Waals surface area contributed by atoms with E-state index < -0.39 is 24.5 Å². The molecule has 8 nitrogen and oxygen atoms in total. The van der Waals surface area contributed by atoms with Crippen LogP contribution in [0.3, 0.4) is 0 Å². The number of benzene rings is 1. The second kappa shape index (κ2) is 8.98. The van der Waals surface area contributed by atoms with Crippen molar-refractivity contribution in [3.8, 4) is 5.75 Å². The Morgan fingerprint density at radius 2 is 1.44 bits per heavy atom. The first kappa shape index (κ1) is 21.8. The van der Waals surface area contributed by atoms with Gasteiger partial charge in [-0.25, -0.2) is 4.79 Å². The molecule has 1 heterocycles. The van der Waals surface area contributed by atoms with Crippen molar-refractivity contribution >= 4 is 23.5 Å². The van der Waals surface area contributed by atoms with E-state index in [9.17, 15) is 24.3 Å². The molecular weight excluding hydrogens is 414 g/mol. The summed E-state index contributed by atoms with van der Waals surface area (Å²) >= 11 is 0. The number of ether oxygens (including phenoxy) is 1. The van der Waals surface area contributed by atoms with Gasteiger partial charge in [0.15, 0.2) is 18.2 Å². The van der Waals surface area contributed by atoms with Gasteiger partial charge in [-0.2, -0.15) is 0 Å². The molecule has 0 aromatic heterocycles. The van der Waals surface area contributed by atoms with Gasteiger partial charge in [0, 0.05) is 47.8 Å². The lowest BCUT2D eigenvalue weighted by atomic mass is 9.71. The number of carbonyl (C=O) groups is 4. The molecule has 0 amide bonds. The highest BCUT2D eigenvalue weighted by atomic mass is 16.5. The predicted molar refractivity (Wildman–Crippen MR) is 113 cm³/mol. The van der Waals surface area contributed by atoms with Gasteiger partial charge in [-0.15, -0.1) is 0 Å². The third kappa shape index (κ3) is 4.17. The molecular formula is C24H25NO7. The second-order valence-corrected chi connectivity index (χ2v) is 8.25. The summed E-state index contributed by atoms with van der Waals surface area (Å²) in [5, 5.41) is 18.0. The number of carbonyl (C=O) groups excluding carboxylic acids is 2. The summed E-state index contributed by atoms with van der Waals surface area (Å²) in [6.07, 6.45) is 3.47. The van der Waals surface area contributed by atoms with E-state index in [-0.39, 0.29) is 24.5 Å². The zero-order chi connectivity index (χ0) is 22.8. The molecule has 168 valence electrons. The van der Waals surface area contributed by atoms with Crippen LogP contribution < -0.4 is 4.74 Å². The molecule has 2 N–H and O–H groups in total. The highest BCUT2D eigenvalue weighted by molar-refractivity contribution is 6.06. The number of Topliss-reactive ketones (excluding diaryl/α,β-unsaturated/α-hetero) is 2. The fourth-order valence-electron chi connectivity index (χ4n) is 4.93. The molecule has 0 atom stereocenters. The van der Waals surface area contributed by atoms with Crippen LogP contribution in [0.2, 0.25) is 0 Å². The van der Waals surface area contributed by atoms with E-state index in [1.807, 2.05) is 4.90 Å². The van der Waals surface area contributed by atoms with Crippen molar-refractivity contribution in [3.63, 3.8) is 0 Å². The summed E-state index contributed by atoms with van der Waals surface area (Å²) in [7, 11) is 0. The zero-order valence-corrected chi connectivity index (χ0v) is 17.6. The van der Waals surface area contributed by atoms with Crippen molar-refractivity contribution < 1.29 is 34.1 Å². The Morgan fingerprint density at radius 1 is 0.875 bits per heavy atom. The van der Waals surface area contributed by atoms with Gasteiger partial charge in [-0.3, -0.25) is 14.4 Å². The molecule has 1 aromatic rings. The van der Waals surface area contributed by atoms with E-state index in [0.717, 1.165) is 17.0 Å². The monoisotopic (exact) mass is 439 g/mol. The first-order valence-electron chi connectivity index (χ1n) is 10.8. The topological polar surface area (TPSA) is 121 Å². The third-order valence-electron chi connectivity index (χ3n) is 6.21. The molecule has 4 rings (SSSR count). The van der Waals surface area contributed by atoms with Gasteiger partial charge in [0.05, 0.1) is 6.42 Å². The lowest BCUT2D eigenvalue weighted by Gasteiger charge is -2.44. The molecule has 1 aromatic carbocycles. The van der Waals surface area contributed by atoms with Crippen molar-refractivity contribution in [3.05, 3.63) is 52.4 Å². The fourth-order valence-corrected chi connectivity index (χ4v) is 4.93. The highest BCUT2D eigenvalue weighted by Gasteiger charge is 2.43. The normalized spacial score (nSPS) is 19.1. The molecule has 0 saturated heterocycles. The minimum Gasteiger partial charge on any atom is -0.482 e. The number of hydrogen-bond acceptors (Lipinski definition) is 6. The van der Waals surface area contributed by atoms with Gasteiger partial charge < -0.3 is 19.8 Å². The second-order valence-electron chi connectivity index (χ2n) is 8.25. The lowest BCUT2D eigenvalue weighted by molar-refractivity contribution is -0.139. The van der Waals surface area contributed by atoms with Gasteiger partial charge in [-0.05, 0) is 43.4 Å². The molecule has 0 unspecified atom stereocenters. The lowest BCUT2D eigenvalue weighted by Crippen LogP contribution is -2.39. The largest absolute Gasteiger partial charge is 0.482 e.